The van der Waals surface area contributed by atoms with Crippen molar-refractivity contribution in [2.45, 2.75) is 38.6 Å². The maximum Gasteiger partial charge on any atom is 0.0584 e. The number of likely N-dealkylation sites (tertiary alicyclic amines) is 1. The lowest BCUT2D eigenvalue weighted by Gasteiger charge is -2.25. The van der Waals surface area contributed by atoms with Crippen molar-refractivity contribution in [3.8, 4) is 0 Å². The third kappa shape index (κ3) is 2.80. The van der Waals surface area contributed by atoms with Crippen LogP contribution in [0.15, 0.2) is 0 Å². The summed E-state index contributed by atoms with van der Waals surface area (Å²) in [5, 5.41) is 8.94. The number of rotatable bonds is 2. The van der Waals surface area contributed by atoms with Gasteiger partial charge in [-0.2, -0.15) is 0 Å². The van der Waals surface area contributed by atoms with E-state index in [1.165, 1.54) is 38.8 Å². The van der Waals surface area contributed by atoms with Crippen molar-refractivity contribution in [1.29, 1.82) is 0 Å². The van der Waals surface area contributed by atoms with E-state index in [0.29, 0.717) is 12.6 Å². The molecule has 1 atom stereocenters. The highest BCUT2D eigenvalue weighted by molar-refractivity contribution is 4.68. The van der Waals surface area contributed by atoms with Crippen molar-refractivity contribution in [2.24, 2.45) is 0 Å². The van der Waals surface area contributed by atoms with E-state index in [0.717, 1.165) is 0 Å². The SMILES string of the molecule is C[C@@H](CO)N1CCCCCC1. The van der Waals surface area contributed by atoms with E-state index in [1.807, 2.05) is 0 Å². The fourth-order valence-electron chi connectivity index (χ4n) is 1.65. The van der Waals surface area contributed by atoms with Gasteiger partial charge in [-0.25, -0.2) is 0 Å². The van der Waals surface area contributed by atoms with Crippen LogP contribution in [0.2, 0.25) is 0 Å². The third-order valence-corrected chi connectivity index (χ3v) is 2.53. The lowest BCUT2D eigenvalue weighted by molar-refractivity contribution is 0.138. The highest BCUT2D eigenvalue weighted by atomic mass is 16.3. The molecule has 1 N–H and O–H groups in total. The van der Waals surface area contributed by atoms with Crippen molar-refractivity contribution in [3.05, 3.63) is 0 Å². The van der Waals surface area contributed by atoms with Crippen molar-refractivity contribution in [1.82, 2.24) is 4.90 Å². The molecule has 0 amide bonds. The molecule has 0 spiro atoms. The number of aliphatic hydroxyl groups is 1. The van der Waals surface area contributed by atoms with E-state index in [4.69, 9.17) is 5.11 Å². The zero-order valence-electron chi connectivity index (χ0n) is 7.42. The Morgan fingerprint density at radius 2 is 1.73 bits per heavy atom. The minimum Gasteiger partial charge on any atom is -0.395 e. The Kier molecular flexibility index (Phi) is 3.87. The van der Waals surface area contributed by atoms with Gasteiger partial charge in [0, 0.05) is 6.04 Å². The van der Waals surface area contributed by atoms with E-state index in [2.05, 4.69) is 11.8 Å². The van der Waals surface area contributed by atoms with E-state index < -0.39 is 0 Å². The summed E-state index contributed by atoms with van der Waals surface area (Å²) in [5.41, 5.74) is 0. The molecule has 0 radical (unpaired) electrons. The Balaban J connectivity index is 2.30. The number of aliphatic hydroxyl groups excluding tert-OH is 1. The standard InChI is InChI=1S/C9H19NO/c1-9(8-11)10-6-4-2-3-5-7-10/h9,11H,2-8H2,1H3/t9-/m0/s1. The zero-order valence-corrected chi connectivity index (χ0v) is 7.42. The Hall–Kier alpha value is -0.0800. The van der Waals surface area contributed by atoms with Gasteiger partial charge < -0.3 is 5.11 Å². The second-order valence-electron chi connectivity index (χ2n) is 3.48. The minimum atomic E-state index is 0.306. The maximum absolute atomic E-state index is 8.94. The smallest absolute Gasteiger partial charge is 0.0584 e. The Labute approximate surface area is 69.2 Å². The van der Waals surface area contributed by atoms with Crippen LogP contribution in [-0.4, -0.2) is 35.7 Å². The molecule has 0 saturated carbocycles. The number of hydrogen-bond donors (Lipinski definition) is 1. The molecular weight excluding hydrogens is 138 g/mol. The van der Waals surface area contributed by atoms with Crippen LogP contribution in [0.1, 0.15) is 32.6 Å². The summed E-state index contributed by atoms with van der Waals surface area (Å²) in [6.07, 6.45) is 5.36. The highest BCUT2D eigenvalue weighted by Crippen LogP contribution is 2.11. The Morgan fingerprint density at radius 3 is 2.18 bits per heavy atom. The van der Waals surface area contributed by atoms with Crippen LogP contribution in [0.5, 0.6) is 0 Å². The van der Waals surface area contributed by atoms with Gasteiger partial charge in [-0.1, -0.05) is 12.8 Å². The summed E-state index contributed by atoms with van der Waals surface area (Å²) in [7, 11) is 0. The summed E-state index contributed by atoms with van der Waals surface area (Å²) in [6, 6.07) is 0.369. The molecule has 66 valence electrons. The first-order chi connectivity index (χ1) is 5.34. The molecule has 0 aromatic carbocycles. The van der Waals surface area contributed by atoms with Crippen LogP contribution in [0.25, 0.3) is 0 Å². The van der Waals surface area contributed by atoms with Crippen molar-refractivity contribution < 1.29 is 5.11 Å². The normalized spacial score (nSPS) is 24.5. The fourth-order valence-corrected chi connectivity index (χ4v) is 1.65. The summed E-state index contributed by atoms with van der Waals surface area (Å²) < 4.78 is 0. The fraction of sp³-hybridized carbons (Fsp3) is 1.00. The quantitative estimate of drug-likeness (QED) is 0.652. The van der Waals surface area contributed by atoms with Crippen molar-refractivity contribution in [3.63, 3.8) is 0 Å². The average Bonchev–Trinajstić information content (AvgIpc) is 2.30. The van der Waals surface area contributed by atoms with E-state index in [-0.39, 0.29) is 0 Å². The van der Waals surface area contributed by atoms with Gasteiger partial charge in [0.25, 0.3) is 0 Å². The van der Waals surface area contributed by atoms with Gasteiger partial charge >= 0.3 is 0 Å². The highest BCUT2D eigenvalue weighted by Gasteiger charge is 2.13. The predicted octanol–water partition coefficient (Wildman–Crippen LogP) is 1.24. The molecule has 1 saturated heterocycles. The monoisotopic (exact) mass is 157 g/mol. The second kappa shape index (κ2) is 4.73. The van der Waals surface area contributed by atoms with Crippen LogP contribution in [0, 0.1) is 0 Å². The van der Waals surface area contributed by atoms with Crippen molar-refractivity contribution in [2.75, 3.05) is 19.7 Å². The van der Waals surface area contributed by atoms with Gasteiger partial charge in [-0.15, -0.1) is 0 Å². The topological polar surface area (TPSA) is 23.5 Å². The zero-order chi connectivity index (χ0) is 8.10. The summed E-state index contributed by atoms with van der Waals surface area (Å²) in [5.74, 6) is 0. The molecule has 1 fully saturated rings. The third-order valence-electron chi connectivity index (χ3n) is 2.53. The predicted molar refractivity (Wildman–Crippen MR) is 46.6 cm³/mol. The molecule has 11 heavy (non-hydrogen) atoms. The largest absolute Gasteiger partial charge is 0.395 e. The van der Waals surface area contributed by atoms with Crippen LogP contribution in [-0.2, 0) is 0 Å². The van der Waals surface area contributed by atoms with Gasteiger partial charge in [-0.3, -0.25) is 4.90 Å². The average molecular weight is 157 g/mol. The molecule has 0 aliphatic carbocycles. The molecule has 1 rings (SSSR count). The molecule has 0 unspecified atom stereocenters. The molecule has 1 heterocycles. The summed E-state index contributed by atoms with van der Waals surface area (Å²) in [6.45, 7) is 4.77. The molecule has 0 aromatic heterocycles. The molecular formula is C9H19NO. The first kappa shape index (κ1) is 9.01. The van der Waals surface area contributed by atoms with E-state index in [9.17, 15) is 0 Å². The molecule has 2 heteroatoms. The Morgan fingerprint density at radius 1 is 1.18 bits per heavy atom. The first-order valence-corrected chi connectivity index (χ1v) is 4.69. The Bertz CT molecular complexity index is 97.7. The van der Waals surface area contributed by atoms with Gasteiger partial charge in [0.15, 0.2) is 0 Å². The summed E-state index contributed by atoms with van der Waals surface area (Å²) >= 11 is 0. The first-order valence-electron chi connectivity index (χ1n) is 4.69. The molecule has 2 nitrogen and oxygen atoms in total. The van der Waals surface area contributed by atoms with E-state index >= 15 is 0 Å². The minimum absolute atomic E-state index is 0.306. The molecule has 0 aromatic rings. The summed E-state index contributed by atoms with van der Waals surface area (Å²) in [4.78, 5) is 2.40. The number of hydrogen-bond acceptors (Lipinski definition) is 2. The molecule has 1 aliphatic heterocycles. The lowest BCUT2D eigenvalue weighted by Crippen LogP contribution is -2.36. The van der Waals surface area contributed by atoms with Crippen LogP contribution in [0.4, 0.5) is 0 Å². The maximum atomic E-state index is 8.94. The number of nitrogens with zero attached hydrogens (tertiary/aromatic N) is 1. The van der Waals surface area contributed by atoms with Crippen LogP contribution in [0.3, 0.4) is 0 Å². The van der Waals surface area contributed by atoms with Crippen LogP contribution < -0.4 is 0 Å². The second-order valence-corrected chi connectivity index (χ2v) is 3.48. The van der Waals surface area contributed by atoms with Gasteiger partial charge in [-0.05, 0) is 32.9 Å². The van der Waals surface area contributed by atoms with Gasteiger partial charge in [0.1, 0.15) is 0 Å². The van der Waals surface area contributed by atoms with E-state index in [1.54, 1.807) is 0 Å². The van der Waals surface area contributed by atoms with Crippen molar-refractivity contribution >= 4 is 0 Å². The lowest BCUT2D eigenvalue weighted by atomic mass is 10.2. The van der Waals surface area contributed by atoms with Crippen LogP contribution >= 0.6 is 0 Å². The molecule has 0 bridgehead atoms. The molecule has 1 aliphatic rings. The van der Waals surface area contributed by atoms with Gasteiger partial charge in [0.05, 0.1) is 6.61 Å². The van der Waals surface area contributed by atoms with Gasteiger partial charge in [0.2, 0.25) is 0 Å².